The molecule has 0 amide bonds. The van der Waals surface area contributed by atoms with Crippen molar-refractivity contribution in [3.8, 4) is 0 Å². The normalized spacial score (nSPS) is 25.4. The molecule has 90 valence electrons. The van der Waals surface area contributed by atoms with Crippen LogP contribution in [0.15, 0.2) is 30.5 Å². The van der Waals surface area contributed by atoms with Crippen LogP contribution in [0.1, 0.15) is 6.42 Å². The Morgan fingerprint density at radius 1 is 1.12 bits per heavy atom. The molecule has 2 unspecified atom stereocenters. The van der Waals surface area contributed by atoms with Gasteiger partial charge in [-0.1, -0.05) is 0 Å². The van der Waals surface area contributed by atoms with Crippen LogP contribution in [0.5, 0.6) is 0 Å². The van der Waals surface area contributed by atoms with E-state index >= 15 is 0 Å². The highest BCUT2D eigenvalue weighted by molar-refractivity contribution is 5.83. The molecule has 1 aromatic carbocycles. The van der Waals surface area contributed by atoms with Crippen LogP contribution in [-0.4, -0.2) is 30.2 Å². The van der Waals surface area contributed by atoms with Crippen molar-refractivity contribution >= 4 is 16.6 Å². The van der Waals surface area contributed by atoms with E-state index in [4.69, 9.17) is 11.5 Å². The van der Waals surface area contributed by atoms with E-state index in [2.05, 4.69) is 34.1 Å². The van der Waals surface area contributed by atoms with E-state index in [1.165, 1.54) is 16.6 Å². The third kappa shape index (κ3) is 2.01. The number of nitrogens with two attached hydrogens (primary N) is 2. The molecule has 1 aliphatic heterocycles. The Bertz CT molecular complexity index is 509. The molecule has 5 N–H and O–H groups in total. The summed E-state index contributed by atoms with van der Waals surface area (Å²) in [4.78, 5) is 5.48. The van der Waals surface area contributed by atoms with Crippen LogP contribution >= 0.6 is 0 Å². The number of hydrogen-bond donors (Lipinski definition) is 3. The molecule has 0 spiro atoms. The summed E-state index contributed by atoms with van der Waals surface area (Å²) in [6.45, 7) is 1.78. The van der Waals surface area contributed by atoms with Crippen molar-refractivity contribution in [2.24, 2.45) is 11.5 Å². The fourth-order valence-corrected chi connectivity index (χ4v) is 2.63. The summed E-state index contributed by atoms with van der Waals surface area (Å²) < 4.78 is 0. The standard InChI is InChI=1S/C13H18N4/c14-10-6-11(15)8-17(7-10)12-1-2-13-9(5-12)3-4-16-13/h1-5,10-11,16H,6-8,14-15H2. The van der Waals surface area contributed by atoms with Crippen LogP contribution < -0.4 is 16.4 Å². The minimum Gasteiger partial charge on any atom is -0.368 e. The van der Waals surface area contributed by atoms with Crippen molar-refractivity contribution in [3.05, 3.63) is 30.5 Å². The van der Waals surface area contributed by atoms with Crippen molar-refractivity contribution in [1.82, 2.24) is 4.98 Å². The maximum Gasteiger partial charge on any atom is 0.0455 e. The van der Waals surface area contributed by atoms with Gasteiger partial charge in [0.1, 0.15) is 0 Å². The lowest BCUT2D eigenvalue weighted by Gasteiger charge is -2.36. The second kappa shape index (κ2) is 4.05. The molecule has 2 atom stereocenters. The van der Waals surface area contributed by atoms with Crippen LogP contribution in [-0.2, 0) is 0 Å². The summed E-state index contributed by atoms with van der Waals surface area (Å²) >= 11 is 0. The molecule has 1 aromatic heterocycles. The summed E-state index contributed by atoms with van der Waals surface area (Å²) in [6.07, 6.45) is 2.88. The van der Waals surface area contributed by atoms with Crippen LogP contribution in [0.25, 0.3) is 10.9 Å². The first-order valence-corrected chi connectivity index (χ1v) is 6.05. The molecule has 1 saturated heterocycles. The second-order valence-electron chi connectivity index (χ2n) is 4.91. The van der Waals surface area contributed by atoms with Gasteiger partial charge in [0.15, 0.2) is 0 Å². The Morgan fingerprint density at radius 3 is 2.65 bits per heavy atom. The van der Waals surface area contributed by atoms with Crippen LogP contribution in [0.3, 0.4) is 0 Å². The molecule has 17 heavy (non-hydrogen) atoms. The lowest BCUT2D eigenvalue weighted by atomic mass is 10.0. The summed E-state index contributed by atoms with van der Waals surface area (Å²) in [6, 6.07) is 8.88. The smallest absolute Gasteiger partial charge is 0.0455 e. The molecule has 3 rings (SSSR count). The number of fused-ring (bicyclic) bond motifs is 1. The van der Waals surface area contributed by atoms with Gasteiger partial charge in [-0.2, -0.15) is 0 Å². The molecule has 4 heteroatoms. The van der Waals surface area contributed by atoms with Crippen molar-refractivity contribution in [2.75, 3.05) is 18.0 Å². The molecule has 0 radical (unpaired) electrons. The molecule has 1 aliphatic rings. The number of H-pyrrole nitrogens is 1. The zero-order chi connectivity index (χ0) is 11.8. The lowest BCUT2D eigenvalue weighted by Crippen LogP contribution is -2.52. The quantitative estimate of drug-likeness (QED) is 0.685. The molecule has 0 saturated carbocycles. The molecular formula is C13H18N4. The van der Waals surface area contributed by atoms with E-state index in [1.807, 2.05) is 6.20 Å². The van der Waals surface area contributed by atoms with Gasteiger partial charge in [-0.05, 0) is 30.7 Å². The minimum atomic E-state index is 0.181. The number of nitrogens with zero attached hydrogens (tertiary/aromatic N) is 1. The number of aromatic amines is 1. The molecule has 0 aliphatic carbocycles. The summed E-state index contributed by atoms with van der Waals surface area (Å²) in [5, 5.41) is 1.23. The number of aromatic nitrogens is 1. The van der Waals surface area contributed by atoms with Gasteiger partial charge in [-0.15, -0.1) is 0 Å². The van der Waals surface area contributed by atoms with Crippen molar-refractivity contribution < 1.29 is 0 Å². The molecule has 2 aromatic rings. The van der Waals surface area contributed by atoms with E-state index in [0.29, 0.717) is 0 Å². The summed E-state index contributed by atoms with van der Waals surface area (Å²) in [7, 11) is 0. The van der Waals surface area contributed by atoms with Crippen molar-refractivity contribution in [1.29, 1.82) is 0 Å². The Morgan fingerprint density at radius 2 is 1.88 bits per heavy atom. The van der Waals surface area contributed by atoms with Gasteiger partial charge in [-0.25, -0.2) is 0 Å². The predicted octanol–water partition coefficient (Wildman–Crippen LogP) is 1.03. The van der Waals surface area contributed by atoms with Gasteiger partial charge in [0.05, 0.1) is 0 Å². The van der Waals surface area contributed by atoms with Gasteiger partial charge in [0, 0.05) is 48.0 Å². The van der Waals surface area contributed by atoms with Gasteiger partial charge in [-0.3, -0.25) is 0 Å². The average molecular weight is 230 g/mol. The first kappa shape index (κ1) is 10.6. The van der Waals surface area contributed by atoms with E-state index in [1.54, 1.807) is 0 Å². The predicted molar refractivity (Wildman–Crippen MR) is 71.1 cm³/mol. The van der Waals surface area contributed by atoms with E-state index in [-0.39, 0.29) is 12.1 Å². The lowest BCUT2D eigenvalue weighted by molar-refractivity contribution is 0.452. The maximum absolute atomic E-state index is 6.02. The zero-order valence-corrected chi connectivity index (χ0v) is 9.76. The van der Waals surface area contributed by atoms with E-state index in [9.17, 15) is 0 Å². The zero-order valence-electron chi connectivity index (χ0n) is 9.76. The van der Waals surface area contributed by atoms with E-state index in [0.717, 1.165) is 19.5 Å². The second-order valence-corrected chi connectivity index (χ2v) is 4.91. The third-order valence-electron chi connectivity index (χ3n) is 3.42. The largest absolute Gasteiger partial charge is 0.368 e. The summed E-state index contributed by atoms with van der Waals surface area (Å²) in [5.41, 5.74) is 14.4. The van der Waals surface area contributed by atoms with Crippen molar-refractivity contribution in [3.63, 3.8) is 0 Å². The topological polar surface area (TPSA) is 71.1 Å². The number of benzene rings is 1. The average Bonchev–Trinajstić information content (AvgIpc) is 2.74. The Hall–Kier alpha value is -1.52. The fourth-order valence-electron chi connectivity index (χ4n) is 2.63. The van der Waals surface area contributed by atoms with Crippen molar-refractivity contribution in [2.45, 2.75) is 18.5 Å². The van der Waals surface area contributed by atoms with Crippen LogP contribution in [0.2, 0.25) is 0 Å². The minimum absolute atomic E-state index is 0.181. The SMILES string of the molecule is NC1CC(N)CN(c2ccc3[nH]ccc3c2)C1. The van der Waals surface area contributed by atoms with Gasteiger partial charge < -0.3 is 21.4 Å². The highest BCUT2D eigenvalue weighted by atomic mass is 15.2. The number of nitrogens with one attached hydrogen (secondary N) is 1. The number of piperidine rings is 1. The molecule has 1 fully saturated rings. The Labute approximate surface area is 101 Å². The first-order chi connectivity index (χ1) is 8.22. The molecule has 4 nitrogen and oxygen atoms in total. The number of hydrogen-bond acceptors (Lipinski definition) is 3. The summed E-state index contributed by atoms with van der Waals surface area (Å²) in [5.74, 6) is 0. The maximum atomic E-state index is 6.02. The number of anilines is 1. The van der Waals surface area contributed by atoms with Crippen LogP contribution in [0, 0.1) is 0 Å². The highest BCUT2D eigenvalue weighted by Gasteiger charge is 2.22. The monoisotopic (exact) mass is 230 g/mol. The van der Waals surface area contributed by atoms with Gasteiger partial charge >= 0.3 is 0 Å². The first-order valence-electron chi connectivity index (χ1n) is 6.05. The third-order valence-corrected chi connectivity index (χ3v) is 3.42. The van der Waals surface area contributed by atoms with E-state index < -0.39 is 0 Å². The Kier molecular flexibility index (Phi) is 2.53. The van der Waals surface area contributed by atoms with Gasteiger partial charge in [0.25, 0.3) is 0 Å². The fraction of sp³-hybridized carbons (Fsp3) is 0.385. The number of rotatable bonds is 1. The molecule has 0 bridgehead atoms. The molecule has 2 heterocycles. The Balaban J connectivity index is 1.91. The van der Waals surface area contributed by atoms with Crippen LogP contribution in [0.4, 0.5) is 5.69 Å². The van der Waals surface area contributed by atoms with Gasteiger partial charge in [0.2, 0.25) is 0 Å². The molecular weight excluding hydrogens is 212 g/mol. The highest BCUT2D eigenvalue weighted by Crippen LogP contribution is 2.23.